The SMILES string of the molecule is Nc1ccc(Oc2ccc(C(c3cccc(N)c3)(C(F)(F)F)C(F)(F)F)cc2)cc1.Nc1ccc(Oc2cccc(C(c3cccc(Oc4ccc(N)cc4)c3)(C(F)(F)F)C(F)(F)F)c2)cc1.Nc1cccc(Oc2ccc(C(c3ccc(Oc4cccc(N)c4)cc3)(C(F)(F)F)C(F)(F)F)cc2)c1. The highest BCUT2D eigenvalue weighted by Crippen LogP contribution is 2.60. The molecule has 11 nitrogen and oxygen atoms in total. The molecule has 0 amide bonds. The Hall–Kier alpha value is -12.0. The van der Waals surface area contributed by atoms with Gasteiger partial charge in [0.25, 0.3) is 0 Å². The van der Waals surface area contributed by atoms with Crippen molar-refractivity contribution in [2.45, 2.75) is 53.3 Å². The third-order valence-electron chi connectivity index (χ3n) is 15.8. The van der Waals surface area contributed by atoms with E-state index in [2.05, 4.69) is 0 Å². The van der Waals surface area contributed by atoms with Gasteiger partial charge in [-0.2, -0.15) is 79.0 Å². The number of nitrogen functional groups attached to an aromatic ring is 6. The fraction of sp³-hybridized carbons (Fsp3) is 0.120. The number of hydrogen-bond donors (Lipinski definition) is 6. The van der Waals surface area contributed by atoms with E-state index in [1.807, 2.05) is 0 Å². The van der Waals surface area contributed by atoms with Crippen LogP contribution in [-0.2, 0) is 16.2 Å². The lowest BCUT2D eigenvalue weighted by Gasteiger charge is -2.38. The smallest absolute Gasteiger partial charge is 0.411 e. The van der Waals surface area contributed by atoms with Crippen LogP contribution in [0.25, 0.3) is 0 Å². The Balaban J connectivity index is 0.000000182. The third-order valence-corrected chi connectivity index (χ3v) is 15.8. The molecular weight excluding hydrogens is 1410 g/mol. The Labute approximate surface area is 580 Å². The molecule has 0 saturated heterocycles. The predicted molar refractivity (Wildman–Crippen MR) is 356 cm³/mol. The van der Waals surface area contributed by atoms with Crippen molar-refractivity contribution in [2.24, 2.45) is 0 Å². The van der Waals surface area contributed by atoms with Crippen LogP contribution in [0.1, 0.15) is 33.4 Å². The first kappa shape index (κ1) is 76.1. The van der Waals surface area contributed by atoms with E-state index in [1.165, 1.54) is 91.0 Å². The maximum atomic E-state index is 14.6. The van der Waals surface area contributed by atoms with Gasteiger partial charge in [0.2, 0.25) is 16.2 Å². The average molecular weight is 1460 g/mol. The second-order valence-electron chi connectivity index (χ2n) is 22.9. The molecule has 104 heavy (non-hydrogen) atoms. The summed E-state index contributed by atoms with van der Waals surface area (Å²) < 4.78 is 286. The van der Waals surface area contributed by atoms with Crippen molar-refractivity contribution in [3.05, 3.63) is 300 Å². The van der Waals surface area contributed by atoms with Gasteiger partial charge in [-0.25, -0.2) is 0 Å². The van der Waals surface area contributed by atoms with Crippen LogP contribution >= 0.6 is 0 Å². The van der Waals surface area contributed by atoms with Crippen molar-refractivity contribution in [1.82, 2.24) is 0 Å². The van der Waals surface area contributed by atoms with Crippen LogP contribution in [0.2, 0.25) is 0 Å². The first-order valence-electron chi connectivity index (χ1n) is 30.2. The van der Waals surface area contributed by atoms with E-state index in [0.29, 0.717) is 40.3 Å². The standard InChI is InChI=1S/2C27H20F6N2O2.C21H16F6N2O/c28-26(29,30)25(27(31,32)33,17-7-11-21(12-8-17)36-23-5-1-3-19(34)15-23)18-9-13-22(14-10-18)37-24-6-2-4-20(35)16-24;28-26(29,30)25(27(31,32)33,17-3-1-5-23(15-17)36-21-11-7-19(34)8-12-21)18-4-2-6-24(16-18)37-22-13-9-20(35)10-14-22;22-20(23,24)19(21(25,26)27,14-2-1-3-16(29)12-14)13-4-8-17(9-5-13)30-18-10-6-15(28)7-11-18/h2*1-16H,34-35H2;1-12H,28-29H2. The van der Waals surface area contributed by atoms with Crippen LogP contribution in [0.3, 0.4) is 0 Å². The van der Waals surface area contributed by atoms with Crippen LogP contribution in [0, 0.1) is 0 Å². The summed E-state index contributed by atoms with van der Waals surface area (Å²) in [5.41, 5.74) is 16.3. The number of rotatable bonds is 16. The molecule has 11 aromatic rings. The molecule has 0 spiro atoms. The van der Waals surface area contributed by atoms with Gasteiger partial charge in [-0.15, -0.1) is 0 Å². The van der Waals surface area contributed by atoms with E-state index in [4.69, 9.17) is 58.1 Å². The Bertz CT molecular complexity index is 4460. The zero-order chi connectivity index (χ0) is 75.8. The predicted octanol–water partition coefficient (Wildman–Crippen LogP) is 21.7. The Morgan fingerprint density at radius 3 is 0.587 bits per heavy atom. The molecule has 0 heterocycles. The van der Waals surface area contributed by atoms with Crippen molar-refractivity contribution in [2.75, 3.05) is 34.4 Å². The van der Waals surface area contributed by atoms with Crippen molar-refractivity contribution in [3.63, 3.8) is 0 Å². The van der Waals surface area contributed by atoms with E-state index < -0.39 is 86.7 Å². The minimum Gasteiger partial charge on any atom is -0.457 e. The van der Waals surface area contributed by atoms with Gasteiger partial charge >= 0.3 is 37.1 Å². The van der Waals surface area contributed by atoms with E-state index in [9.17, 15) is 79.0 Å². The molecule has 0 unspecified atom stereocenters. The zero-order valence-corrected chi connectivity index (χ0v) is 53.2. The molecule has 0 aromatic heterocycles. The van der Waals surface area contributed by atoms with E-state index in [0.717, 1.165) is 121 Å². The minimum absolute atomic E-state index is 0.0403. The van der Waals surface area contributed by atoms with Gasteiger partial charge in [-0.1, -0.05) is 84.9 Å². The largest absolute Gasteiger partial charge is 0.457 e. The molecule has 0 aliphatic heterocycles. The maximum Gasteiger partial charge on any atom is 0.411 e. The van der Waals surface area contributed by atoms with Crippen LogP contribution < -0.4 is 58.1 Å². The summed E-state index contributed by atoms with van der Waals surface area (Å²) in [4.78, 5) is 0. The Morgan fingerprint density at radius 2 is 0.346 bits per heavy atom. The molecule has 0 aliphatic rings. The molecule has 0 fully saturated rings. The number of halogens is 18. The van der Waals surface area contributed by atoms with Gasteiger partial charge in [-0.05, 0) is 203 Å². The highest BCUT2D eigenvalue weighted by Gasteiger charge is 2.75. The summed E-state index contributed by atoms with van der Waals surface area (Å²) in [6.45, 7) is 0. The first-order valence-corrected chi connectivity index (χ1v) is 30.2. The lowest BCUT2D eigenvalue weighted by Crippen LogP contribution is -2.54. The molecule has 12 N–H and O–H groups in total. The number of hydrogen-bond acceptors (Lipinski definition) is 11. The van der Waals surface area contributed by atoms with Gasteiger partial charge in [-0.3, -0.25) is 0 Å². The Morgan fingerprint density at radius 1 is 0.163 bits per heavy atom. The van der Waals surface area contributed by atoms with Gasteiger partial charge in [0.05, 0.1) is 0 Å². The third kappa shape index (κ3) is 16.5. The molecule has 0 saturated carbocycles. The van der Waals surface area contributed by atoms with Crippen LogP contribution in [0.15, 0.2) is 267 Å². The zero-order valence-electron chi connectivity index (χ0n) is 53.2. The van der Waals surface area contributed by atoms with Crippen molar-refractivity contribution < 1.29 is 103 Å². The molecular formula is C75H56F18N6O5. The molecule has 29 heteroatoms. The van der Waals surface area contributed by atoms with Gasteiger partial charge in [0, 0.05) is 46.3 Å². The molecule has 0 aliphatic carbocycles. The van der Waals surface area contributed by atoms with Crippen molar-refractivity contribution in [1.29, 1.82) is 0 Å². The van der Waals surface area contributed by atoms with Crippen LogP contribution in [0.4, 0.5) is 113 Å². The number of nitrogens with two attached hydrogens (primary N) is 6. The van der Waals surface area contributed by atoms with E-state index in [1.54, 1.807) is 48.5 Å². The maximum absolute atomic E-state index is 14.6. The van der Waals surface area contributed by atoms with E-state index in [-0.39, 0.29) is 57.4 Å². The van der Waals surface area contributed by atoms with E-state index >= 15 is 0 Å². The van der Waals surface area contributed by atoms with Crippen LogP contribution in [-0.4, -0.2) is 37.1 Å². The van der Waals surface area contributed by atoms with Gasteiger partial charge < -0.3 is 58.1 Å². The monoisotopic (exact) mass is 1460 g/mol. The lowest BCUT2D eigenvalue weighted by atomic mass is 9.73. The second-order valence-corrected chi connectivity index (χ2v) is 22.9. The molecule has 11 rings (SSSR count). The highest BCUT2D eigenvalue weighted by atomic mass is 19.4. The van der Waals surface area contributed by atoms with Crippen LogP contribution in [0.5, 0.6) is 57.5 Å². The topological polar surface area (TPSA) is 202 Å². The van der Waals surface area contributed by atoms with Crippen molar-refractivity contribution >= 4 is 34.1 Å². The molecule has 11 aromatic carbocycles. The highest BCUT2D eigenvalue weighted by molar-refractivity contribution is 5.56. The molecule has 0 radical (unpaired) electrons. The quantitative estimate of drug-likeness (QED) is 0.0397. The lowest BCUT2D eigenvalue weighted by molar-refractivity contribution is -0.290. The van der Waals surface area contributed by atoms with Gasteiger partial charge in [0.15, 0.2) is 0 Å². The summed E-state index contributed by atoms with van der Waals surface area (Å²) in [5.74, 6) is 0.980. The molecule has 0 atom stereocenters. The number of benzene rings is 11. The Kier molecular flexibility index (Phi) is 21.9. The fourth-order valence-electron chi connectivity index (χ4n) is 11.1. The summed E-state index contributed by atoms with van der Waals surface area (Å²) >= 11 is 0. The number of anilines is 6. The first-order chi connectivity index (χ1) is 48.7. The summed E-state index contributed by atoms with van der Waals surface area (Å²) in [6, 6.07) is 52.4. The second kappa shape index (κ2) is 29.9. The van der Waals surface area contributed by atoms with Crippen molar-refractivity contribution in [3.8, 4) is 57.5 Å². The van der Waals surface area contributed by atoms with Gasteiger partial charge in [0.1, 0.15) is 57.5 Å². The normalized spacial score (nSPS) is 12.4. The molecule has 542 valence electrons. The fourth-order valence-corrected chi connectivity index (χ4v) is 11.1. The summed E-state index contributed by atoms with van der Waals surface area (Å²) in [6.07, 6.45) is -34.4. The molecule has 0 bridgehead atoms. The minimum atomic E-state index is -5.77. The number of ether oxygens (including phenoxy) is 5. The number of alkyl halides is 18. The average Bonchev–Trinajstić information content (AvgIpc) is 0.730. The summed E-state index contributed by atoms with van der Waals surface area (Å²) in [5, 5.41) is 0. The summed E-state index contributed by atoms with van der Waals surface area (Å²) in [7, 11) is 0.